The van der Waals surface area contributed by atoms with Crippen molar-refractivity contribution in [2.75, 3.05) is 13.6 Å². The number of aliphatic carboxylic acids is 1. The molecular formula is C56H95N3O17. The van der Waals surface area contributed by atoms with Crippen molar-refractivity contribution in [3.8, 4) is 0 Å². The van der Waals surface area contributed by atoms with Gasteiger partial charge in [-0.15, -0.1) is 0 Å². The van der Waals surface area contributed by atoms with Gasteiger partial charge in [-0.2, -0.15) is 0 Å². The number of carboxylic acid groups (broad SMARTS) is 1. The van der Waals surface area contributed by atoms with Gasteiger partial charge in [-0.05, 0) is 75.7 Å². The first-order chi connectivity index (χ1) is 35.7. The van der Waals surface area contributed by atoms with Crippen LogP contribution in [0.15, 0.2) is 65.2 Å². The van der Waals surface area contributed by atoms with Crippen LogP contribution in [-0.2, 0) is 28.6 Å². The molecule has 2 aliphatic heterocycles. The van der Waals surface area contributed by atoms with Gasteiger partial charge in [0.1, 0.15) is 24.7 Å². The largest absolute Gasteiger partial charge is 0.481 e. The second kappa shape index (κ2) is 34.7. The molecule has 20 nitrogen and oxygen atoms in total. The molecule has 20 heteroatoms. The molecule has 0 radical (unpaired) electrons. The number of aliphatic hydroxyl groups is 10. The van der Waals surface area contributed by atoms with Gasteiger partial charge in [0.25, 0.3) is 0 Å². The van der Waals surface area contributed by atoms with Crippen LogP contribution in [0.1, 0.15) is 138 Å². The number of fused-ring (bicyclic) bond motifs is 2. The lowest BCUT2D eigenvalue weighted by molar-refractivity contribution is -0.333. The molecule has 1 fully saturated rings. The van der Waals surface area contributed by atoms with Gasteiger partial charge >= 0.3 is 17.9 Å². The Morgan fingerprint density at radius 2 is 1.46 bits per heavy atom. The Morgan fingerprint density at radius 1 is 0.816 bits per heavy atom. The third-order valence-electron chi connectivity index (χ3n) is 15.0. The number of nitrogens with one attached hydrogen (secondary N) is 1. The van der Waals surface area contributed by atoms with Gasteiger partial charge in [-0.1, -0.05) is 90.2 Å². The highest BCUT2D eigenvalue weighted by molar-refractivity contribution is 5.90. The highest BCUT2D eigenvalue weighted by Crippen LogP contribution is 2.36. The number of ether oxygens (including phenoxy) is 3. The van der Waals surface area contributed by atoms with Gasteiger partial charge in [0.05, 0.1) is 54.9 Å². The molecule has 0 aliphatic carbocycles. The molecular weight excluding hydrogens is 987 g/mol. The number of nitrogens with two attached hydrogens (primary N) is 1. The lowest BCUT2D eigenvalue weighted by Crippen LogP contribution is -2.60. The first-order valence-electron chi connectivity index (χ1n) is 27.1. The summed E-state index contributed by atoms with van der Waals surface area (Å²) >= 11 is 0. The molecule has 0 aromatic carbocycles. The minimum Gasteiger partial charge on any atom is -0.481 e. The number of carbonyl (C=O) groups excluding carboxylic acids is 2. The zero-order valence-electron chi connectivity index (χ0n) is 46.1. The van der Waals surface area contributed by atoms with Gasteiger partial charge < -0.3 is 81.4 Å². The first kappa shape index (κ1) is 68.0. The van der Waals surface area contributed by atoms with Crippen LogP contribution in [-0.4, -0.2) is 173 Å². The summed E-state index contributed by atoms with van der Waals surface area (Å²) < 4.78 is 17.4. The molecule has 1 saturated heterocycles. The second-order valence-corrected chi connectivity index (χ2v) is 21.6. The number of nitrogens with zero attached hydrogens (tertiary/aromatic N) is 1. The fraction of sp³-hybridized carbons (Fsp3) is 0.750. The Bertz CT molecular complexity index is 1910. The Hall–Kier alpha value is -4.06. The average Bonchev–Trinajstić information content (AvgIpc) is 3.35. The third-order valence-corrected chi connectivity index (χ3v) is 15.0. The van der Waals surface area contributed by atoms with E-state index in [1.54, 1.807) is 66.0 Å². The van der Waals surface area contributed by atoms with Crippen LogP contribution < -0.4 is 11.1 Å². The zero-order chi connectivity index (χ0) is 57.3. The minimum absolute atomic E-state index is 0.0637. The molecule has 19 atom stereocenters. The van der Waals surface area contributed by atoms with E-state index >= 15 is 0 Å². The number of rotatable bonds is 12. The third kappa shape index (κ3) is 24.7. The van der Waals surface area contributed by atoms with Crippen molar-refractivity contribution < 1.29 is 84.8 Å². The Kier molecular flexibility index (Phi) is 31.1. The van der Waals surface area contributed by atoms with Gasteiger partial charge in [-0.25, -0.2) is 4.79 Å². The summed E-state index contributed by atoms with van der Waals surface area (Å²) in [6.07, 6.45) is 2.26. The number of carboxylic acids is 1. The van der Waals surface area contributed by atoms with E-state index in [0.29, 0.717) is 18.1 Å². The van der Waals surface area contributed by atoms with Crippen molar-refractivity contribution in [2.45, 2.75) is 217 Å². The fourth-order valence-corrected chi connectivity index (χ4v) is 9.58. The van der Waals surface area contributed by atoms with Gasteiger partial charge in [0, 0.05) is 75.4 Å². The number of aliphatic hydroxyl groups excluding tert-OH is 9. The number of esters is 2. The Balaban J connectivity index is 2.44. The van der Waals surface area contributed by atoms with Crippen LogP contribution in [0.2, 0.25) is 0 Å². The van der Waals surface area contributed by atoms with Crippen LogP contribution >= 0.6 is 0 Å². The van der Waals surface area contributed by atoms with Crippen molar-refractivity contribution in [1.29, 1.82) is 0 Å². The van der Waals surface area contributed by atoms with Gasteiger partial charge in [0.2, 0.25) is 0 Å². The lowest BCUT2D eigenvalue weighted by atomic mass is 9.83. The average molecular weight is 1080 g/mol. The summed E-state index contributed by atoms with van der Waals surface area (Å²) in [6.45, 7) is 12.9. The van der Waals surface area contributed by atoms with Crippen molar-refractivity contribution in [1.82, 2.24) is 5.32 Å². The van der Waals surface area contributed by atoms with Crippen LogP contribution in [0, 0.1) is 35.5 Å². The van der Waals surface area contributed by atoms with E-state index in [1.807, 2.05) is 19.9 Å². The summed E-state index contributed by atoms with van der Waals surface area (Å²) in [4.78, 5) is 41.2. The topological polar surface area (TPSA) is 352 Å². The first-order valence-corrected chi connectivity index (χ1v) is 27.1. The summed E-state index contributed by atoms with van der Waals surface area (Å²) in [6, 6.07) is 0. The number of hydrogen-bond acceptors (Lipinski definition) is 17. The highest BCUT2D eigenvalue weighted by atomic mass is 16.7. The number of hydrogen-bond donors (Lipinski definition) is 13. The number of guanidine groups is 1. The predicted molar refractivity (Wildman–Crippen MR) is 287 cm³/mol. The van der Waals surface area contributed by atoms with Crippen LogP contribution in [0.4, 0.5) is 0 Å². The van der Waals surface area contributed by atoms with Crippen LogP contribution in [0.25, 0.3) is 0 Å². The quantitative estimate of drug-likeness (QED) is 0.0333. The summed E-state index contributed by atoms with van der Waals surface area (Å²) in [5.41, 5.74) is 6.16. The molecule has 0 spiro atoms. The molecule has 19 unspecified atom stereocenters. The van der Waals surface area contributed by atoms with Gasteiger partial charge in [0.15, 0.2) is 11.7 Å². The van der Waals surface area contributed by atoms with E-state index in [0.717, 1.165) is 32.1 Å². The fourth-order valence-electron chi connectivity index (χ4n) is 9.58. The molecule has 2 aliphatic rings. The maximum Gasteiger partial charge on any atom is 0.331 e. The van der Waals surface area contributed by atoms with E-state index in [2.05, 4.69) is 22.5 Å². The highest BCUT2D eigenvalue weighted by Gasteiger charge is 2.50. The van der Waals surface area contributed by atoms with E-state index in [-0.39, 0.29) is 56.8 Å². The van der Waals surface area contributed by atoms with Crippen molar-refractivity contribution in [3.05, 3.63) is 60.3 Å². The molecule has 0 amide bonds. The van der Waals surface area contributed by atoms with Crippen molar-refractivity contribution in [3.63, 3.8) is 0 Å². The molecule has 14 N–H and O–H groups in total. The number of aliphatic imine (C=N–C) groups is 1. The minimum atomic E-state index is -2.53. The zero-order valence-corrected chi connectivity index (χ0v) is 46.1. The maximum absolute atomic E-state index is 13.3. The molecule has 2 bridgehead atoms. The second-order valence-electron chi connectivity index (χ2n) is 21.6. The van der Waals surface area contributed by atoms with E-state index in [9.17, 15) is 70.6 Å². The molecule has 436 valence electrons. The normalized spacial score (nSPS) is 38.6. The number of unbranched alkanes of at least 4 members (excludes halogenated alkanes) is 2. The van der Waals surface area contributed by atoms with E-state index in [1.165, 1.54) is 12.2 Å². The number of carbonyl (C=O) groups is 3. The lowest BCUT2D eigenvalue weighted by Gasteiger charge is -2.45. The smallest absolute Gasteiger partial charge is 0.331 e. The van der Waals surface area contributed by atoms with E-state index < -0.39 is 133 Å². The van der Waals surface area contributed by atoms with Crippen LogP contribution in [0.5, 0.6) is 0 Å². The Morgan fingerprint density at radius 3 is 2.12 bits per heavy atom. The monoisotopic (exact) mass is 1080 g/mol. The van der Waals surface area contributed by atoms with Crippen LogP contribution in [0.3, 0.4) is 0 Å². The molecule has 0 saturated carbocycles. The van der Waals surface area contributed by atoms with Crippen molar-refractivity contribution in [2.24, 2.45) is 46.2 Å². The summed E-state index contributed by atoms with van der Waals surface area (Å²) in [5.74, 6) is -8.29. The molecule has 0 aromatic heterocycles. The standard InChI is InChI=1S/C56H95N3O17/c1-33-18-14-15-22-50(69)75-53(36(4)19-13-11-9-10-12-16-25-59-55(57)58-8)37(5)21-17-20-35(3)52(71)39(7)45(63)27-40(60)26-41(74-51(70)31-49(67)68)28-42-29-47(65)54(72)56(73,76-42)32-48(66)34(2)23-24-43(61)38(6)46(64)30-44(33)62/h9-10,14-15,17-18,20-22,33-34,36-48,52-54,60-66,71-73H,11-13,16,19,23-32H2,1-8H3,(H,67,68)(H3,57,58,59)/b10-9+,18-14+,21-17+,22-15+,35-20+. The summed E-state index contributed by atoms with van der Waals surface area (Å²) in [7, 11) is 1.62. The Labute approximate surface area is 450 Å². The predicted octanol–water partition coefficient (Wildman–Crippen LogP) is 3.23. The SMILES string of the molecule is CN=C(N)NCCC/C=C/CCCC(C)C1OC(=O)/C=C/C=C/C(C)C(O)CC(O)C(C)C(O)CCC(C)C(O)CC2(O)OC(CC(OC(=O)CC(=O)O)CC(O)CC(O)C(C)C(O)/C(C)=C/C=C/C1C)CC(O)C2O. The van der Waals surface area contributed by atoms with Gasteiger partial charge in [-0.3, -0.25) is 14.6 Å². The molecule has 2 heterocycles. The van der Waals surface area contributed by atoms with E-state index in [4.69, 9.17) is 19.9 Å². The number of allylic oxidation sites excluding steroid dienone is 6. The maximum atomic E-state index is 13.3. The summed E-state index contributed by atoms with van der Waals surface area (Å²) in [5, 5.41) is 124. The molecule has 76 heavy (non-hydrogen) atoms. The number of cyclic esters (lactones) is 1. The van der Waals surface area contributed by atoms with Crippen molar-refractivity contribution >= 4 is 23.9 Å². The molecule has 2 rings (SSSR count). The molecule has 0 aromatic rings.